The third kappa shape index (κ3) is 2.91. The Hall–Kier alpha value is -1.12. The molecule has 0 amide bonds. The van der Waals surface area contributed by atoms with E-state index in [4.69, 9.17) is 23.2 Å². The Labute approximate surface area is 97.9 Å². The van der Waals surface area contributed by atoms with Crippen molar-refractivity contribution in [2.75, 3.05) is 0 Å². The summed E-state index contributed by atoms with van der Waals surface area (Å²) >= 11 is 11.6. The van der Waals surface area contributed by atoms with E-state index in [-0.39, 0.29) is 0 Å². The molecule has 2 rings (SSSR count). The van der Waals surface area contributed by atoms with E-state index in [0.29, 0.717) is 10.3 Å². The molecule has 0 N–H and O–H groups in total. The molecule has 0 atom stereocenters. The Balaban J connectivity index is 2.25. The van der Waals surface area contributed by atoms with Gasteiger partial charge in [0.25, 0.3) is 0 Å². The van der Waals surface area contributed by atoms with Gasteiger partial charge in [-0.2, -0.15) is 0 Å². The standard InChI is InChI=1S/C11H8Cl2N2/c12-10-5-9(6-11(13)15-10)4-8-2-1-3-14-7-8/h1-3,5-7H,4H2. The third-order valence-electron chi connectivity index (χ3n) is 1.95. The molecule has 2 aromatic rings. The molecule has 2 aromatic heterocycles. The lowest BCUT2D eigenvalue weighted by molar-refractivity contribution is 1.13. The first kappa shape index (κ1) is 10.4. The van der Waals surface area contributed by atoms with Crippen molar-refractivity contribution in [2.24, 2.45) is 0 Å². The minimum atomic E-state index is 0.418. The van der Waals surface area contributed by atoms with E-state index >= 15 is 0 Å². The van der Waals surface area contributed by atoms with Crippen LogP contribution >= 0.6 is 23.2 Å². The normalized spacial score (nSPS) is 10.3. The van der Waals surface area contributed by atoms with E-state index < -0.39 is 0 Å². The largest absolute Gasteiger partial charge is 0.264 e. The highest BCUT2D eigenvalue weighted by atomic mass is 35.5. The van der Waals surface area contributed by atoms with Crippen LogP contribution in [-0.2, 0) is 6.42 Å². The summed E-state index contributed by atoms with van der Waals surface area (Å²) in [5, 5.41) is 0.836. The Morgan fingerprint density at radius 2 is 1.80 bits per heavy atom. The zero-order valence-corrected chi connectivity index (χ0v) is 9.33. The number of rotatable bonds is 2. The van der Waals surface area contributed by atoms with Gasteiger partial charge in [0.15, 0.2) is 0 Å². The van der Waals surface area contributed by atoms with Crippen molar-refractivity contribution in [3.05, 3.63) is 58.1 Å². The van der Waals surface area contributed by atoms with E-state index in [1.54, 1.807) is 18.3 Å². The lowest BCUT2D eigenvalue weighted by Crippen LogP contribution is -1.90. The highest BCUT2D eigenvalue weighted by Crippen LogP contribution is 2.17. The van der Waals surface area contributed by atoms with Crippen molar-refractivity contribution in [2.45, 2.75) is 6.42 Å². The van der Waals surface area contributed by atoms with Gasteiger partial charge in [-0.3, -0.25) is 4.98 Å². The fourth-order valence-electron chi connectivity index (χ4n) is 1.35. The van der Waals surface area contributed by atoms with E-state index in [1.807, 2.05) is 18.3 Å². The molecule has 0 unspecified atom stereocenters. The van der Waals surface area contributed by atoms with E-state index in [9.17, 15) is 0 Å². The van der Waals surface area contributed by atoms with Crippen molar-refractivity contribution in [3.8, 4) is 0 Å². The molecule has 0 aromatic carbocycles. The molecule has 0 fully saturated rings. The molecule has 2 heterocycles. The summed E-state index contributed by atoms with van der Waals surface area (Å²) in [6.07, 6.45) is 4.33. The first-order chi connectivity index (χ1) is 7.24. The Kier molecular flexibility index (Phi) is 3.19. The molecule has 0 radical (unpaired) electrons. The maximum Gasteiger partial charge on any atom is 0.131 e. The van der Waals surface area contributed by atoms with Crippen LogP contribution in [0.15, 0.2) is 36.7 Å². The smallest absolute Gasteiger partial charge is 0.131 e. The summed E-state index contributed by atoms with van der Waals surface area (Å²) in [5.74, 6) is 0. The summed E-state index contributed by atoms with van der Waals surface area (Å²) in [7, 11) is 0. The zero-order chi connectivity index (χ0) is 10.7. The van der Waals surface area contributed by atoms with Crippen molar-refractivity contribution in [1.82, 2.24) is 9.97 Å². The van der Waals surface area contributed by atoms with Crippen LogP contribution in [0.4, 0.5) is 0 Å². The van der Waals surface area contributed by atoms with Crippen molar-refractivity contribution >= 4 is 23.2 Å². The molecular formula is C11H8Cl2N2. The number of nitrogens with zero attached hydrogens (tertiary/aromatic N) is 2. The fraction of sp³-hybridized carbons (Fsp3) is 0.0909. The number of hydrogen-bond acceptors (Lipinski definition) is 2. The quantitative estimate of drug-likeness (QED) is 0.751. The second kappa shape index (κ2) is 4.60. The Morgan fingerprint density at radius 3 is 2.40 bits per heavy atom. The van der Waals surface area contributed by atoms with Gasteiger partial charge in [0.2, 0.25) is 0 Å². The van der Waals surface area contributed by atoms with Crippen LogP contribution in [-0.4, -0.2) is 9.97 Å². The van der Waals surface area contributed by atoms with Gasteiger partial charge in [0.1, 0.15) is 10.3 Å². The molecule has 0 saturated carbocycles. The molecule has 15 heavy (non-hydrogen) atoms. The third-order valence-corrected chi connectivity index (χ3v) is 2.34. The molecule has 4 heteroatoms. The predicted molar refractivity (Wildman–Crippen MR) is 61.3 cm³/mol. The average molecular weight is 239 g/mol. The van der Waals surface area contributed by atoms with Crippen molar-refractivity contribution < 1.29 is 0 Å². The van der Waals surface area contributed by atoms with E-state index in [0.717, 1.165) is 17.5 Å². The number of hydrogen-bond donors (Lipinski definition) is 0. The Morgan fingerprint density at radius 1 is 1.07 bits per heavy atom. The van der Waals surface area contributed by atoms with Gasteiger partial charge in [0.05, 0.1) is 0 Å². The predicted octanol–water partition coefficient (Wildman–Crippen LogP) is 3.37. The Bertz CT molecular complexity index is 437. The van der Waals surface area contributed by atoms with Crippen LogP contribution in [0.1, 0.15) is 11.1 Å². The second-order valence-electron chi connectivity index (χ2n) is 3.16. The SMILES string of the molecule is Clc1cc(Cc2cccnc2)cc(Cl)n1. The molecule has 0 saturated heterocycles. The van der Waals surface area contributed by atoms with Crippen LogP contribution in [0.25, 0.3) is 0 Å². The maximum atomic E-state index is 5.81. The van der Waals surface area contributed by atoms with Gasteiger partial charge in [-0.1, -0.05) is 29.3 Å². The average Bonchev–Trinajstić information content (AvgIpc) is 2.17. The van der Waals surface area contributed by atoms with Crippen LogP contribution in [0.3, 0.4) is 0 Å². The van der Waals surface area contributed by atoms with Crippen LogP contribution in [0.5, 0.6) is 0 Å². The van der Waals surface area contributed by atoms with Gasteiger partial charge >= 0.3 is 0 Å². The summed E-state index contributed by atoms with van der Waals surface area (Å²) in [6, 6.07) is 7.52. The first-order valence-corrected chi connectivity index (χ1v) is 5.20. The molecule has 0 aliphatic heterocycles. The van der Waals surface area contributed by atoms with Gasteiger partial charge < -0.3 is 0 Å². The highest BCUT2D eigenvalue weighted by molar-refractivity contribution is 6.32. The van der Waals surface area contributed by atoms with Crippen molar-refractivity contribution in [1.29, 1.82) is 0 Å². The molecule has 0 aliphatic carbocycles. The van der Waals surface area contributed by atoms with Crippen LogP contribution < -0.4 is 0 Å². The summed E-state index contributed by atoms with van der Waals surface area (Å²) in [5.41, 5.74) is 2.16. The van der Waals surface area contributed by atoms with Gasteiger partial charge in [-0.05, 0) is 35.7 Å². The molecule has 76 valence electrons. The summed E-state index contributed by atoms with van der Waals surface area (Å²) in [6.45, 7) is 0. The lowest BCUT2D eigenvalue weighted by Gasteiger charge is -2.02. The number of pyridine rings is 2. The van der Waals surface area contributed by atoms with Crippen LogP contribution in [0, 0.1) is 0 Å². The van der Waals surface area contributed by atoms with Crippen molar-refractivity contribution in [3.63, 3.8) is 0 Å². The highest BCUT2D eigenvalue weighted by Gasteiger charge is 2.00. The van der Waals surface area contributed by atoms with E-state index in [1.165, 1.54) is 0 Å². The van der Waals surface area contributed by atoms with Gasteiger partial charge in [-0.25, -0.2) is 4.98 Å². The second-order valence-corrected chi connectivity index (χ2v) is 3.93. The molecular weight excluding hydrogens is 231 g/mol. The summed E-state index contributed by atoms with van der Waals surface area (Å²) < 4.78 is 0. The molecule has 0 aliphatic rings. The number of halogens is 2. The fourth-order valence-corrected chi connectivity index (χ4v) is 1.86. The van der Waals surface area contributed by atoms with Gasteiger partial charge in [-0.15, -0.1) is 0 Å². The molecule has 0 bridgehead atoms. The molecule has 0 spiro atoms. The summed E-state index contributed by atoms with van der Waals surface area (Å²) in [4.78, 5) is 7.94. The minimum absolute atomic E-state index is 0.418. The van der Waals surface area contributed by atoms with E-state index in [2.05, 4.69) is 9.97 Å². The lowest BCUT2D eigenvalue weighted by atomic mass is 10.1. The number of aromatic nitrogens is 2. The zero-order valence-electron chi connectivity index (χ0n) is 7.82. The minimum Gasteiger partial charge on any atom is -0.264 e. The molecule has 2 nitrogen and oxygen atoms in total. The van der Waals surface area contributed by atoms with Gasteiger partial charge in [0, 0.05) is 12.4 Å². The topological polar surface area (TPSA) is 25.8 Å². The first-order valence-electron chi connectivity index (χ1n) is 4.45. The monoisotopic (exact) mass is 238 g/mol. The maximum absolute atomic E-state index is 5.81. The van der Waals surface area contributed by atoms with Crippen LogP contribution in [0.2, 0.25) is 10.3 Å².